The van der Waals surface area contributed by atoms with Gasteiger partial charge < -0.3 is 10.5 Å². The van der Waals surface area contributed by atoms with Gasteiger partial charge in [-0.1, -0.05) is 6.07 Å². The number of pyridine rings is 1. The van der Waals surface area contributed by atoms with Gasteiger partial charge in [-0.25, -0.2) is 4.98 Å². The maximum absolute atomic E-state index is 10.9. The van der Waals surface area contributed by atoms with Gasteiger partial charge in [0, 0.05) is 29.9 Å². The van der Waals surface area contributed by atoms with Crippen molar-refractivity contribution in [3.05, 3.63) is 57.3 Å². The van der Waals surface area contributed by atoms with E-state index in [1.165, 1.54) is 6.07 Å². The highest BCUT2D eigenvalue weighted by molar-refractivity contribution is 5.50. The number of rotatable bonds is 4. The Kier molecular flexibility index (Phi) is 3.95. The van der Waals surface area contributed by atoms with Gasteiger partial charge in [-0.3, -0.25) is 10.1 Å². The molecule has 0 aliphatic rings. The minimum atomic E-state index is -0.405. The van der Waals surface area contributed by atoms with Crippen molar-refractivity contribution in [1.82, 2.24) is 4.98 Å². The van der Waals surface area contributed by atoms with Crippen LogP contribution >= 0.6 is 0 Å². The summed E-state index contributed by atoms with van der Waals surface area (Å²) >= 11 is 0. The smallest absolute Gasteiger partial charge is 0.272 e. The third kappa shape index (κ3) is 2.75. The van der Waals surface area contributed by atoms with Gasteiger partial charge in [0.05, 0.1) is 4.92 Å². The van der Waals surface area contributed by atoms with E-state index < -0.39 is 4.92 Å². The highest BCUT2D eigenvalue weighted by Crippen LogP contribution is 2.31. The lowest BCUT2D eigenvalue weighted by Crippen LogP contribution is -2.02. The Hall–Kier alpha value is -2.47. The second-order valence-electron chi connectivity index (χ2n) is 4.44. The number of benzene rings is 1. The molecule has 0 bridgehead atoms. The number of hydrogen-bond donors (Lipinski definition) is 1. The zero-order chi connectivity index (χ0) is 14.7. The summed E-state index contributed by atoms with van der Waals surface area (Å²) in [6.45, 7) is 3.74. The van der Waals surface area contributed by atoms with E-state index in [1.807, 2.05) is 6.07 Å². The number of aromatic nitrogens is 1. The van der Waals surface area contributed by atoms with Crippen LogP contribution in [0.2, 0.25) is 0 Å². The van der Waals surface area contributed by atoms with E-state index in [4.69, 9.17) is 10.5 Å². The average molecular weight is 273 g/mol. The van der Waals surface area contributed by atoms with Crippen molar-refractivity contribution in [3.8, 4) is 11.6 Å². The summed E-state index contributed by atoms with van der Waals surface area (Å²) in [5, 5.41) is 10.9. The summed E-state index contributed by atoms with van der Waals surface area (Å²) in [5.41, 5.74) is 7.71. The first kappa shape index (κ1) is 14.0. The average Bonchev–Trinajstić information content (AvgIpc) is 2.42. The maximum Gasteiger partial charge on any atom is 0.272 e. The molecule has 0 amide bonds. The number of aryl methyl sites for hydroxylation is 2. The molecule has 104 valence electrons. The molecule has 6 nitrogen and oxygen atoms in total. The molecule has 0 aliphatic heterocycles. The second kappa shape index (κ2) is 5.66. The van der Waals surface area contributed by atoms with Crippen LogP contribution in [-0.4, -0.2) is 9.91 Å². The fraction of sp³-hybridized carbons (Fsp3) is 0.214. The molecule has 0 unspecified atom stereocenters. The Labute approximate surface area is 116 Å². The molecule has 1 aromatic heterocycles. The van der Waals surface area contributed by atoms with Gasteiger partial charge in [0.2, 0.25) is 5.88 Å². The highest BCUT2D eigenvalue weighted by atomic mass is 16.6. The minimum absolute atomic E-state index is 0.0786. The van der Waals surface area contributed by atoms with Crippen molar-refractivity contribution in [2.75, 3.05) is 0 Å². The van der Waals surface area contributed by atoms with Crippen molar-refractivity contribution in [2.45, 2.75) is 20.4 Å². The second-order valence-corrected chi connectivity index (χ2v) is 4.44. The van der Waals surface area contributed by atoms with E-state index in [-0.39, 0.29) is 5.69 Å². The van der Waals surface area contributed by atoms with E-state index in [9.17, 15) is 10.1 Å². The SMILES string of the molecule is Cc1cc([N+](=O)[O-])c(C)cc1Oc1ncccc1CN. The predicted octanol–water partition coefficient (Wildman–Crippen LogP) is 2.86. The Morgan fingerprint density at radius 3 is 2.75 bits per heavy atom. The molecule has 0 saturated carbocycles. The summed E-state index contributed by atoms with van der Waals surface area (Å²) in [5.74, 6) is 0.966. The van der Waals surface area contributed by atoms with Crippen LogP contribution in [0.15, 0.2) is 30.5 Å². The van der Waals surface area contributed by atoms with Crippen LogP contribution < -0.4 is 10.5 Å². The summed E-state index contributed by atoms with van der Waals surface area (Å²) in [6.07, 6.45) is 1.61. The molecule has 2 rings (SSSR count). The first-order chi connectivity index (χ1) is 9.52. The van der Waals surface area contributed by atoms with E-state index in [0.717, 1.165) is 5.56 Å². The molecule has 20 heavy (non-hydrogen) atoms. The van der Waals surface area contributed by atoms with E-state index in [2.05, 4.69) is 4.98 Å². The van der Waals surface area contributed by atoms with Crippen molar-refractivity contribution >= 4 is 5.69 Å². The van der Waals surface area contributed by atoms with Crippen LogP contribution in [0.1, 0.15) is 16.7 Å². The topological polar surface area (TPSA) is 91.3 Å². The number of nitro groups is 1. The number of nitrogens with two attached hydrogens (primary N) is 1. The van der Waals surface area contributed by atoms with Crippen molar-refractivity contribution in [1.29, 1.82) is 0 Å². The van der Waals surface area contributed by atoms with Gasteiger partial charge in [0.15, 0.2) is 0 Å². The van der Waals surface area contributed by atoms with Gasteiger partial charge in [-0.2, -0.15) is 0 Å². The zero-order valence-electron chi connectivity index (χ0n) is 11.3. The monoisotopic (exact) mass is 273 g/mol. The molecule has 1 heterocycles. The maximum atomic E-state index is 10.9. The van der Waals surface area contributed by atoms with E-state index in [0.29, 0.717) is 29.3 Å². The van der Waals surface area contributed by atoms with Gasteiger partial charge in [0.1, 0.15) is 5.75 Å². The molecule has 0 atom stereocenters. The number of nitrogens with zero attached hydrogens (tertiary/aromatic N) is 2. The Bertz CT molecular complexity index is 656. The molecule has 0 spiro atoms. The van der Waals surface area contributed by atoms with Gasteiger partial charge in [0.25, 0.3) is 5.69 Å². The van der Waals surface area contributed by atoms with E-state index in [1.54, 1.807) is 32.2 Å². The third-order valence-electron chi connectivity index (χ3n) is 2.97. The Balaban J connectivity index is 2.39. The largest absolute Gasteiger partial charge is 0.438 e. The lowest BCUT2D eigenvalue weighted by Gasteiger charge is -2.11. The standard InChI is InChI=1S/C14H15N3O3/c1-9-7-13(10(2)6-12(9)17(18)19)20-14-11(8-15)4-3-5-16-14/h3-7H,8,15H2,1-2H3. The van der Waals surface area contributed by atoms with Crippen LogP contribution in [0.5, 0.6) is 11.6 Å². The fourth-order valence-corrected chi connectivity index (χ4v) is 1.86. The first-order valence-electron chi connectivity index (χ1n) is 6.10. The first-order valence-corrected chi connectivity index (χ1v) is 6.10. The lowest BCUT2D eigenvalue weighted by molar-refractivity contribution is -0.385. The van der Waals surface area contributed by atoms with Gasteiger partial charge in [-0.15, -0.1) is 0 Å². The molecule has 0 radical (unpaired) electrons. The molecule has 1 aromatic carbocycles. The lowest BCUT2D eigenvalue weighted by atomic mass is 10.1. The molecule has 0 saturated heterocycles. The van der Waals surface area contributed by atoms with Crippen LogP contribution in [-0.2, 0) is 6.54 Å². The van der Waals surface area contributed by atoms with Crippen LogP contribution in [0, 0.1) is 24.0 Å². The Morgan fingerprint density at radius 1 is 1.35 bits per heavy atom. The van der Waals surface area contributed by atoms with Crippen molar-refractivity contribution < 1.29 is 9.66 Å². The van der Waals surface area contributed by atoms with E-state index >= 15 is 0 Å². The summed E-state index contributed by atoms with van der Waals surface area (Å²) < 4.78 is 5.73. The van der Waals surface area contributed by atoms with Crippen LogP contribution in [0.4, 0.5) is 5.69 Å². The molecule has 0 fully saturated rings. The molecular weight excluding hydrogens is 258 g/mol. The summed E-state index contributed by atoms with van der Waals surface area (Å²) in [7, 11) is 0. The zero-order valence-corrected chi connectivity index (χ0v) is 11.3. The Morgan fingerprint density at radius 2 is 2.10 bits per heavy atom. The van der Waals surface area contributed by atoms with Gasteiger partial charge in [-0.05, 0) is 31.5 Å². The normalized spacial score (nSPS) is 10.3. The minimum Gasteiger partial charge on any atom is -0.438 e. The molecular formula is C14H15N3O3. The number of nitro benzene ring substituents is 1. The van der Waals surface area contributed by atoms with Crippen LogP contribution in [0.25, 0.3) is 0 Å². The van der Waals surface area contributed by atoms with Crippen molar-refractivity contribution in [3.63, 3.8) is 0 Å². The molecule has 0 aliphatic carbocycles. The molecule has 2 aromatic rings. The van der Waals surface area contributed by atoms with Crippen LogP contribution in [0.3, 0.4) is 0 Å². The predicted molar refractivity (Wildman–Crippen MR) is 74.8 cm³/mol. The number of hydrogen-bond acceptors (Lipinski definition) is 5. The summed E-state index contributed by atoms with van der Waals surface area (Å²) in [4.78, 5) is 14.6. The highest BCUT2D eigenvalue weighted by Gasteiger charge is 2.15. The van der Waals surface area contributed by atoms with Gasteiger partial charge >= 0.3 is 0 Å². The fourth-order valence-electron chi connectivity index (χ4n) is 1.86. The van der Waals surface area contributed by atoms with Crippen molar-refractivity contribution in [2.24, 2.45) is 5.73 Å². The summed E-state index contributed by atoms with van der Waals surface area (Å²) in [6, 6.07) is 6.75. The quantitative estimate of drug-likeness (QED) is 0.683. The number of ether oxygens (including phenoxy) is 1. The molecule has 6 heteroatoms. The molecule has 2 N–H and O–H groups in total. The third-order valence-corrected chi connectivity index (χ3v) is 2.97.